The Kier molecular flexibility index (Phi) is 3.59. The molecule has 0 aromatic carbocycles. The van der Waals surface area contributed by atoms with E-state index in [1.54, 1.807) is 4.68 Å². The van der Waals surface area contributed by atoms with Gasteiger partial charge in [-0.25, -0.2) is 0 Å². The fourth-order valence-electron chi connectivity index (χ4n) is 2.52. The van der Waals surface area contributed by atoms with Gasteiger partial charge in [0, 0.05) is 26.3 Å². The summed E-state index contributed by atoms with van der Waals surface area (Å²) in [6.07, 6.45) is 5.07. The van der Waals surface area contributed by atoms with Crippen molar-refractivity contribution in [1.29, 1.82) is 0 Å². The lowest BCUT2D eigenvalue weighted by atomic mass is 10.3. The second-order valence-electron chi connectivity index (χ2n) is 5.15. The van der Waals surface area contributed by atoms with E-state index in [1.807, 2.05) is 13.2 Å². The predicted octanol–water partition coefficient (Wildman–Crippen LogP) is 1.09. The summed E-state index contributed by atoms with van der Waals surface area (Å²) in [5, 5.41) is 7.59. The molecule has 8 nitrogen and oxygen atoms in total. The topological polar surface area (TPSA) is 97.8 Å². The molecule has 1 saturated heterocycles. The van der Waals surface area contributed by atoms with Crippen LogP contribution in [0.3, 0.4) is 0 Å². The van der Waals surface area contributed by atoms with E-state index < -0.39 is 0 Å². The SMILES string of the molecule is CCc1nn(C)cc1Nc1nc(N)nc(N2CCCC2)n1. The summed E-state index contributed by atoms with van der Waals surface area (Å²) in [6, 6.07) is 0. The van der Waals surface area contributed by atoms with E-state index in [0.29, 0.717) is 11.9 Å². The van der Waals surface area contributed by atoms with Crippen LogP contribution in [0.1, 0.15) is 25.5 Å². The number of anilines is 4. The molecule has 0 unspecified atom stereocenters. The number of nitrogen functional groups attached to an aromatic ring is 1. The number of hydrogen-bond donors (Lipinski definition) is 2. The van der Waals surface area contributed by atoms with Crippen molar-refractivity contribution in [3.63, 3.8) is 0 Å². The molecule has 3 N–H and O–H groups in total. The molecule has 2 aromatic rings. The lowest BCUT2D eigenvalue weighted by Crippen LogP contribution is -2.22. The summed E-state index contributed by atoms with van der Waals surface area (Å²) in [5.41, 5.74) is 7.68. The Hall–Kier alpha value is -2.38. The van der Waals surface area contributed by atoms with Crippen molar-refractivity contribution in [3.8, 4) is 0 Å². The minimum absolute atomic E-state index is 0.233. The first-order chi connectivity index (χ1) is 10.2. The van der Waals surface area contributed by atoms with Gasteiger partial charge in [-0.05, 0) is 19.3 Å². The van der Waals surface area contributed by atoms with E-state index in [-0.39, 0.29) is 5.95 Å². The molecule has 0 aliphatic carbocycles. The van der Waals surface area contributed by atoms with Crippen LogP contribution < -0.4 is 16.0 Å². The highest BCUT2D eigenvalue weighted by Crippen LogP contribution is 2.21. The van der Waals surface area contributed by atoms with E-state index in [4.69, 9.17) is 5.73 Å². The molecule has 3 heterocycles. The van der Waals surface area contributed by atoms with Gasteiger partial charge in [0.25, 0.3) is 0 Å². The standard InChI is InChI=1S/C13H20N8/c1-3-9-10(8-20(2)19-9)15-12-16-11(14)17-13(18-12)21-6-4-5-7-21/h8H,3-7H2,1-2H3,(H3,14,15,16,17,18). The van der Waals surface area contributed by atoms with Crippen LogP contribution in [-0.2, 0) is 13.5 Å². The van der Waals surface area contributed by atoms with Gasteiger partial charge in [-0.2, -0.15) is 20.1 Å². The molecular weight excluding hydrogens is 268 g/mol. The van der Waals surface area contributed by atoms with Gasteiger partial charge in [-0.15, -0.1) is 0 Å². The van der Waals surface area contributed by atoms with Crippen LogP contribution in [0.15, 0.2) is 6.20 Å². The number of nitrogens with zero attached hydrogens (tertiary/aromatic N) is 6. The van der Waals surface area contributed by atoms with Gasteiger partial charge in [0.1, 0.15) is 0 Å². The first-order valence-corrected chi connectivity index (χ1v) is 7.21. The number of aromatic nitrogens is 5. The van der Waals surface area contributed by atoms with Crippen molar-refractivity contribution in [2.24, 2.45) is 7.05 Å². The fraction of sp³-hybridized carbons (Fsp3) is 0.538. The first kappa shape index (κ1) is 13.6. The molecule has 21 heavy (non-hydrogen) atoms. The molecule has 8 heteroatoms. The van der Waals surface area contributed by atoms with E-state index in [1.165, 1.54) is 0 Å². The Morgan fingerprint density at radius 1 is 1.24 bits per heavy atom. The van der Waals surface area contributed by atoms with E-state index >= 15 is 0 Å². The third-order valence-electron chi connectivity index (χ3n) is 3.52. The summed E-state index contributed by atoms with van der Waals surface area (Å²) in [5.74, 6) is 1.34. The Morgan fingerprint density at radius 2 is 2.00 bits per heavy atom. The Morgan fingerprint density at radius 3 is 2.71 bits per heavy atom. The number of hydrogen-bond acceptors (Lipinski definition) is 7. The molecule has 0 spiro atoms. The minimum atomic E-state index is 0.233. The highest BCUT2D eigenvalue weighted by Gasteiger charge is 2.17. The summed E-state index contributed by atoms with van der Waals surface area (Å²) < 4.78 is 1.77. The highest BCUT2D eigenvalue weighted by molar-refractivity contribution is 5.57. The maximum absolute atomic E-state index is 5.81. The second kappa shape index (κ2) is 5.55. The van der Waals surface area contributed by atoms with Crippen LogP contribution in [-0.4, -0.2) is 37.8 Å². The van der Waals surface area contributed by atoms with E-state index in [2.05, 4.69) is 37.2 Å². The highest BCUT2D eigenvalue weighted by atomic mass is 15.3. The van der Waals surface area contributed by atoms with Crippen LogP contribution >= 0.6 is 0 Å². The molecule has 112 valence electrons. The van der Waals surface area contributed by atoms with Crippen molar-refractivity contribution in [1.82, 2.24) is 24.7 Å². The predicted molar refractivity (Wildman–Crippen MR) is 81.6 cm³/mol. The van der Waals surface area contributed by atoms with Crippen molar-refractivity contribution < 1.29 is 0 Å². The van der Waals surface area contributed by atoms with Crippen LogP contribution in [0.4, 0.5) is 23.5 Å². The average molecular weight is 288 g/mol. The molecule has 0 bridgehead atoms. The maximum Gasteiger partial charge on any atom is 0.233 e. The van der Waals surface area contributed by atoms with Crippen molar-refractivity contribution in [3.05, 3.63) is 11.9 Å². The monoisotopic (exact) mass is 288 g/mol. The van der Waals surface area contributed by atoms with E-state index in [0.717, 1.165) is 43.7 Å². The number of aryl methyl sites for hydroxylation is 2. The molecular formula is C13H20N8. The van der Waals surface area contributed by atoms with Crippen LogP contribution in [0.2, 0.25) is 0 Å². The lowest BCUT2D eigenvalue weighted by Gasteiger charge is -2.15. The van der Waals surface area contributed by atoms with Crippen LogP contribution in [0.25, 0.3) is 0 Å². The number of nitrogens with two attached hydrogens (primary N) is 1. The molecule has 1 aliphatic heterocycles. The zero-order valence-corrected chi connectivity index (χ0v) is 12.4. The molecule has 0 amide bonds. The summed E-state index contributed by atoms with van der Waals surface area (Å²) in [4.78, 5) is 15.0. The average Bonchev–Trinajstić information content (AvgIpc) is 3.07. The lowest BCUT2D eigenvalue weighted by molar-refractivity contribution is 0.746. The molecule has 2 aromatic heterocycles. The zero-order chi connectivity index (χ0) is 14.8. The first-order valence-electron chi connectivity index (χ1n) is 7.21. The van der Waals surface area contributed by atoms with Gasteiger partial charge in [0.05, 0.1) is 11.4 Å². The van der Waals surface area contributed by atoms with Crippen LogP contribution in [0.5, 0.6) is 0 Å². The number of rotatable bonds is 4. The largest absolute Gasteiger partial charge is 0.368 e. The molecule has 0 saturated carbocycles. The minimum Gasteiger partial charge on any atom is -0.368 e. The Bertz CT molecular complexity index is 629. The molecule has 0 radical (unpaired) electrons. The Balaban J connectivity index is 1.87. The van der Waals surface area contributed by atoms with Gasteiger partial charge in [0.15, 0.2) is 0 Å². The van der Waals surface area contributed by atoms with Gasteiger partial charge in [-0.1, -0.05) is 6.92 Å². The van der Waals surface area contributed by atoms with E-state index in [9.17, 15) is 0 Å². The zero-order valence-electron chi connectivity index (χ0n) is 12.4. The molecule has 0 atom stereocenters. The fourth-order valence-corrected chi connectivity index (χ4v) is 2.52. The summed E-state index contributed by atoms with van der Waals surface area (Å²) >= 11 is 0. The Labute approximate surface area is 123 Å². The smallest absolute Gasteiger partial charge is 0.233 e. The van der Waals surface area contributed by atoms with Crippen molar-refractivity contribution in [2.45, 2.75) is 26.2 Å². The third kappa shape index (κ3) is 2.88. The quantitative estimate of drug-likeness (QED) is 0.869. The normalized spacial score (nSPS) is 14.7. The van der Waals surface area contributed by atoms with Crippen LogP contribution in [0, 0.1) is 0 Å². The molecule has 1 fully saturated rings. The summed E-state index contributed by atoms with van der Waals surface area (Å²) in [7, 11) is 1.89. The van der Waals surface area contributed by atoms with Gasteiger partial charge in [-0.3, -0.25) is 4.68 Å². The molecule has 1 aliphatic rings. The van der Waals surface area contributed by atoms with Gasteiger partial charge < -0.3 is 16.0 Å². The molecule has 3 rings (SSSR count). The van der Waals surface area contributed by atoms with Crippen molar-refractivity contribution >= 4 is 23.5 Å². The van der Waals surface area contributed by atoms with Gasteiger partial charge >= 0.3 is 0 Å². The van der Waals surface area contributed by atoms with Gasteiger partial charge in [0.2, 0.25) is 17.8 Å². The third-order valence-corrected chi connectivity index (χ3v) is 3.52. The second-order valence-corrected chi connectivity index (χ2v) is 5.15. The summed E-state index contributed by atoms with van der Waals surface area (Å²) in [6.45, 7) is 4.00. The maximum atomic E-state index is 5.81. The van der Waals surface area contributed by atoms with Crippen molar-refractivity contribution in [2.75, 3.05) is 29.0 Å². The number of nitrogens with one attached hydrogen (secondary N) is 1.